The van der Waals surface area contributed by atoms with Gasteiger partial charge in [-0.05, 0) is 49.2 Å². The first-order valence-corrected chi connectivity index (χ1v) is 5.91. The van der Waals surface area contributed by atoms with Gasteiger partial charge in [-0.15, -0.1) is 0 Å². The minimum atomic E-state index is -0.589. The van der Waals surface area contributed by atoms with Crippen LogP contribution in [-0.4, -0.2) is 5.91 Å². The molecule has 0 aliphatic heterocycles. The van der Waals surface area contributed by atoms with E-state index in [9.17, 15) is 9.18 Å². The van der Waals surface area contributed by atoms with Crippen molar-refractivity contribution in [3.05, 3.63) is 58.9 Å². The maximum absolute atomic E-state index is 13.3. The van der Waals surface area contributed by atoms with E-state index in [4.69, 9.17) is 5.73 Å². The van der Waals surface area contributed by atoms with Crippen LogP contribution in [0.4, 0.5) is 15.8 Å². The van der Waals surface area contributed by atoms with Gasteiger partial charge in [0.05, 0.1) is 5.69 Å². The lowest BCUT2D eigenvalue weighted by atomic mass is 10.1. The first-order chi connectivity index (χ1) is 8.99. The first-order valence-electron chi connectivity index (χ1n) is 5.91. The maximum Gasteiger partial charge on any atom is 0.255 e. The Labute approximate surface area is 111 Å². The van der Waals surface area contributed by atoms with Gasteiger partial charge in [-0.2, -0.15) is 0 Å². The number of hydrogen-bond donors (Lipinski definition) is 2. The van der Waals surface area contributed by atoms with E-state index in [1.807, 2.05) is 32.0 Å². The lowest BCUT2D eigenvalue weighted by Gasteiger charge is -2.10. The van der Waals surface area contributed by atoms with Crippen LogP contribution in [-0.2, 0) is 0 Å². The van der Waals surface area contributed by atoms with Crippen LogP contribution in [0, 0.1) is 19.7 Å². The lowest BCUT2D eigenvalue weighted by molar-refractivity contribution is 0.102. The molecule has 3 N–H and O–H groups in total. The van der Waals surface area contributed by atoms with Crippen LogP contribution >= 0.6 is 0 Å². The molecule has 3 nitrogen and oxygen atoms in total. The molecule has 0 radical (unpaired) electrons. The van der Waals surface area contributed by atoms with Gasteiger partial charge in [-0.1, -0.05) is 12.1 Å². The molecule has 1 amide bonds. The quantitative estimate of drug-likeness (QED) is 0.812. The summed E-state index contributed by atoms with van der Waals surface area (Å²) in [6.45, 7) is 3.89. The number of nitrogens with one attached hydrogen (secondary N) is 1. The van der Waals surface area contributed by atoms with E-state index in [1.54, 1.807) is 0 Å². The highest BCUT2D eigenvalue weighted by Gasteiger charge is 2.10. The lowest BCUT2D eigenvalue weighted by Crippen LogP contribution is -2.13. The standard InChI is InChI=1S/C15H15FN2O/c1-9-4-3-5-14(10(9)2)18-15(19)11-6-7-13(17)12(16)8-11/h3-8H,17H2,1-2H3,(H,18,19). The van der Waals surface area contributed by atoms with Gasteiger partial charge in [0.25, 0.3) is 5.91 Å². The monoisotopic (exact) mass is 258 g/mol. The van der Waals surface area contributed by atoms with Crippen molar-refractivity contribution in [3.63, 3.8) is 0 Å². The molecule has 0 unspecified atom stereocenters. The van der Waals surface area contributed by atoms with Crippen molar-refractivity contribution in [1.82, 2.24) is 0 Å². The number of halogens is 1. The smallest absolute Gasteiger partial charge is 0.255 e. The van der Waals surface area contributed by atoms with E-state index in [0.717, 1.165) is 22.9 Å². The molecule has 0 fully saturated rings. The second-order valence-corrected chi connectivity index (χ2v) is 4.44. The van der Waals surface area contributed by atoms with Crippen molar-refractivity contribution in [1.29, 1.82) is 0 Å². The molecule has 0 spiro atoms. The highest BCUT2D eigenvalue weighted by Crippen LogP contribution is 2.19. The predicted octanol–water partition coefficient (Wildman–Crippen LogP) is 3.28. The average Bonchev–Trinajstić information content (AvgIpc) is 2.38. The van der Waals surface area contributed by atoms with Crippen molar-refractivity contribution in [2.24, 2.45) is 0 Å². The summed E-state index contributed by atoms with van der Waals surface area (Å²) in [7, 11) is 0. The van der Waals surface area contributed by atoms with Crippen LogP contribution in [0.15, 0.2) is 36.4 Å². The topological polar surface area (TPSA) is 55.1 Å². The van der Waals surface area contributed by atoms with Crippen molar-refractivity contribution in [2.75, 3.05) is 11.1 Å². The summed E-state index contributed by atoms with van der Waals surface area (Å²) >= 11 is 0. The van der Waals surface area contributed by atoms with Crippen LogP contribution < -0.4 is 11.1 Å². The summed E-state index contributed by atoms with van der Waals surface area (Å²) in [5.41, 5.74) is 8.45. The van der Waals surface area contributed by atoms with E-state index < -0.39 is 5.82 Å². The Hall–Kier alpha value is -2.36. The van der Waals surface area contributed by atoms with Crippen LogP contribution in [0.25, 0.3) is 0 Å². The van der Waals surface area contributed by atoms with E-state index in [0.29, 0.717) is 0 Å². The fourth-order valence-electron chi connectivity index (χ4n) is 1.75. The number of rotatable bonds is 2. The van der Waals surface area contributed by atoms with Gasteiger partial charge in [0.1, 0.15) is 5.82 Å². The molecule has 0 aliphatic carbocycles. The molecule has 0 saturated heterocycles. The third kappa shape index (κ3) is 2.73. The number of aryl methyl sites for hydroxylation is 1. The molecule has 0 atom stereocenters. The molecular formula is C15H15FN2O. The zero-order valence-electron chi connectivity index (χ0n) is 10.8. The Morgan fingerprint density at radius 3 is 2.63 bits per heavy atom. The molecule has 0 aromatic heterocycles. The fraction of sp³-hybridized carbons (Fsp3) is 0.133. The minimum absolute atomic E-state index is 0.0308. The highest BCUT2D eigenvalue weighted by molar-refractivity contribution is 6.04. The molecule has 2 rings (SSSR count). The predicted molar refractivity (Wildman–Crippen MR) is 74.7 cm³/mol. The number of anilines is 2. The van der Waals surface area contributed by atoms with E-state index in [-0.39, 0.29) is 17.2 Å². The zero-order chi connectivity index (χ0) is 14.0. The number of benzene rings is 2. The van der Waals surface area contributed by atoms with E-state index >= 15 is 0 Å². The van der Waals surface area contributed by atoms with Gasteiger partial charge in [-0.3, -0.25) is 4.79 Å². The fourth-order valence-corrected chi connectivity index (χ4v) is 1.75. The number of carbonyl (C=O) groups excluding carboxylic acids is 1. The summed E-state index contributed by atoms with van der Waals surface area (Å²) in [4.78, 5) is 12.0. The molecular weight excluding hydrogens is 243 g/mol. The Bertz CT molecular complexity index is 638. The van der Waals surface area contributed by atoms with Gasteiger partial charge in [0.15, 0.2) is 0 Å². The third-order valence-corrected chi connectivity index (χ3v) is 3.12. The average molecular weight is 258 g/mol. The largest absolute Gasteiger partial charge is 0.396 e. The maximum atomic E-state index is 13.3. The third-order valence-electron chi connectivity index (χ3n) is 3.12. The van der Waals surface area contributed by atoms with E-state index in [1.165, 1.54) is 12.1 Å². The van der Waals surface area contributed by atoms with Crippen molar-refractivity contribution in [2.45, 2.75) is 13.8 Å². The summed E-state index contributed by atoms with van der Waals surface area (Å²) in [6.07, 6.45) is 0. The Morgan fingerprint density at radius 2 is 1.95 bits per heavy atom. The van der Waals surface area contributed by atoms with Gasteiger partial charge in [0.2, 0.25) is 0 Å². The van der Waals surface area contributed by atoms with Crippen molar-refractivity contribution in [3.8, 4) is 0 Å². The summed E-state index contributed by atoms with van der Waals surface area (Å²) in [5, 5.41) is 2.77. The second kappa shape index (κ2) is 5.10. The molecule has 2 aromatic rings. The number of nitrogen functional groups attached to an aromatic ring is 1. The Balaban J connectivity index is 2.26. The molecule has 0 aliphatic rings. The molecule has 2 aromatic carbocycles. The molecule has 0 saturated carbocycles. The molecule has 4 heteroatoms. The van der Waals surface area contributed by atoms with Crippen LogP contribution in [0.1, 0.15) is 21.5 Å². The van der Waals surface area contributed by atoms with Gasteiger partial charge >= 0.3 is 0 Å². The molecule has 98 valence electrons. The first kappa shape index (κ1) is 13.1. The normalized spacial score (nSPS) is 10.3. The van der Waals surface area contributed by atoms with E-state index in [2.05, 4.69) is 5.32 Å². The number of carbonyl (C=O) groups is 1. The molecule has 0 heterocycles. The summed E-state index contributed by atoms with van der Waals surface area (Å²) in [5.74, 6) is -0.943. The van der Waals surface area contributed by atoms with Gasteiger partial charge in [-0.25, -0.2) is 4.39 Å². The molecule has 19 heavy (non-hydrogen) atoms. The van der Waals surface area contributed by atoms with Crippen LogP contribution in [0.2, 0.25) is 0 Å². The summed E-state index contributed by atoms with van der Waals surface area (Å²) < 4.78 is 13.3. The van der Waals surface area contributed by atoms with Gasteiger partial charge in [0, 0.05) is 11.3 Å². The number of nitrogens with two attached hydrogens (primary N) is 1. The van der Waals surface area contributed by atoms with Crippen molar-refractivity contribution >= 4 is 17.3 Å². The highest BCUT2D eigenvalue weighted by atomic mass is 19.1. The zero-order valence-corrected chi connectivity index (χ0v) is 10.8. The second-order valence-electron chi connectivity index (χ2n) is 4.44. The van der Waals surface area contributed by atoms with Crippen molar-refractivity contribution < 1.29 is 9.18 Å². The Kier molecular flexibility index (Phi) is 3.51. The number of hydrogen-bond acceptors (Lipinski definition) is 2. The summed E-state index contributed by atoms with van der Waals surface area (Å²) in [6, 6.07) is 9.66. The Morgan fingerprint density at radius 1 is 1.21 bits per heavy atom. The van der Waals surface area contributed by atoms with Crippen LogP contribution in [0.5, 0.6) is 0 Å². The SMILES string of the molecule is Cc1cccc(NC(=O)c2ccc(N)c(F)c2)c1C. The van der Waals surface area contributed by atoms with Gasteiger partial charge < -0.3 is 11.1 Å². The minimum Gasteiger partial charge on any atom is -0.396 e. The molecule has 0 bridgehead atoms. The number of amides is 1. The van der Waals surface area contributed by atoms with Crippen LogP contribution in [0.3, 0.4) is 0 Å².